The Morgan fingerprint density at radius 2 is 1.97 bits per heavy atom. The zero-order valence-electron chi connectivity index (χ0n) is 18.3. The van der Waals surface area contributed by atoms with E-state index in [4.69, 9.17) is 9.26 Å². The summed E-state index contributed by atoms with van der Waals surface area (Å²) in [5, 5.41) is 17.0. The van der Waals surface area contributed by atoms with Crippen LogP contribution in [0.15, 0.2) is 59.1 Å². The van der Waals surface area contributed by atoms with E-state index in [0.717, 1.165) is 16.5 Å². The van der Waals surface area contributed by atoms with Crippen LogP contribution >= 0.6 is 0 Å². The smallest absolute Gasteiger partial charge is 0.412 e. The fraction of sp³-hybridized carbons (Fsp3) is 0.192. The summed E-state index contributed by atoms with van der Waals surface area (Å²) in [5.74, 6) is 5.33. The van der Waals surface area contributed by atoms with E-state index in [2.05, 4.69) is 27.3 Å². The number of carbonyl (C=O) groups is 2. The van der Waals surface area contributed by atoms with Crippen molar-refractivity contribution in [1.82, 2.24) is 10.1 Å². The van der Waals surface area contributed by atoms with Gasteiger partial charge in [-0.05, 0) is 54.8 Å². The third-order valence-corrected chi connectivity index (χ3v) is 5.92. The summed E-state index contributed by atoms with van der Waals surface area (Å²) in [5.41, 5.74) is 3.14. The number of rotatable bonds is 5. The normalized spacial score (nSPS) is 13.7. The molecule has 2 heterocycles. The van der Waals surface area contributed by atoms with E-state index >= 15 is 0 Å². The molecule has 0 radical (unpaired) electrons. The van der Waals surface area contributed by atoms with E-state index in [9.17, 15) is 14.7 Å². The van der Waals surface area contributed by atoms with E-state index < -0.39 is 17.5 Å². The van der Waals surface area contributed by atoms with Crippen molar-refractivity contribution in [3.05, 3.63) is 82.9 Å². The summed E-state index contributed by atoms with van der Waals surface area (Å²) in [4.78, 5) is 27.1. The Morgan fingerprint density at radius 3 is 2.71 bits per heavy atom. The molecule has 1 saturated carbocycles. The van der Waals surface area contributed by atoms with Crippen molar-refractivity contribution in [3.63, 3.8) is 0 Å². The van der Waals surface area contributed by atoms with E-state index in [-0.39, 0.29) is 12.4 Å². The number of nitrogens with one attached hydrogen (secondary N) is 2. The predicted molar refractivity (Wildman–Crippen MR) is 124 cm³/mol. The largest absolute Gasteiger partial charge is 0.481 e. The van der Waals surface area contributed by atoms with Gasteiger partial charge in [-0.3, -0.25) is 10.1 Å². The monoisotopic (exact) mass is 455 g/mol. The molecule has 0 spiro atoms. The topological polar surface area (TPSA) is 117 Å². The van der Waals surface area contributed by atoms with Crippen LogP contribution in [0, 0.1) is 18.8 Å². The van der Waals surface area contributed by atoms with Gasteiger partial charge in [0.05, 0.1) is 0 Å². The van der Waals surface area contributed by atoms with Crippen LogP contribution in [0.25, 0.3) is 10.9 Å². The molecule has 2 aromatic carbocycles. The first-order chi connectivity index (χ1) is 16.4. The number of aromatic amines is 1. The zero-order chi connectivity index (χ0) is 23.7. The number of fused-ring (bicyclic) bond motifs is 1. The summed E-state index contributed by atoms with van der Waals surface area (Å²) in [6, 6.07) is 16.8. The lowest BCUT2D eigenvalue weighted by molar-refractivity contribution is -0.140. The number of aromatic nitrogens is 2. The van der Waals surface area contributed by atoms with E-state index in [1.54, 1.807) is 6.92 Å². The van der Waals surface area contributed by atoms with Gasteiger partial charge in [0.15, 0.2) is 0 Å². The van der Waals surface area contributed by atoms with Gasteiger partial charge in [-0.15, -0.1) is 0 Å². The van der Waals surface area contributed by atoms with E-state index in [1.165, 1.54) is 0 Å². The lowest BCUT2D eigenvalue weighted by Gasteiger charge is -2.06. The molecule has 1 amide bonds. The van der Waals surface area contributed by atoms with Crippen LogP contribution in [0.1, 0.15) is 41.1 Å². The number of hydrogen-bond acceptors (Lipinski definition) is 5. The second-order valence-electron chi connectivity index (χ2n) is 8.28. The molecule has 0 aliphatic heterocycles. The molecule has 0 atom stereocenters. The van der Waals surface area contributed by atoms with E-state index in [0.29, 0.717) is 35.5 Å². The fourth-order valence-electron chi connectivity index (χ4n) is 3.78. The van der Waals surface area contributed by atoms with Crippen molar-refractivity contribution in [2.75, 3.05) is 5.32 Å². The molecule has 8 heteroatoms. The summed E-state index contributed by atoms with van der Waals surface area (Å²) < 4.78 is 10.5. The van der Waals surface area contributed by atoms with Gasteiger partial charge in [0, 0.05) is 16.8 Å². The van der Waals surface area contributed by atoms with Crippen molar-refractivity contribution in [3.8, 4) is 11.8 Å². The molecule has 8 nitrogen and oxygen atoms in total. The first kappa shape index (κ1) is 21.3. The van der Waals surface area contributed by atoms with Gasteiger partial charge in [0.2, 0.25) is 5.76 Å². The van der Waals surface area contributed by atoms with Crippen molar-refractivity contribution < 1.29 is 24.0 Å². The molecule has 2 aromatic heterocycles. The summed E-state index contributed by atoms with van der Waals surface area (Å²) in [6.07, 6.45) is 0.637. The Labute approximate surface area is 194 Å². The minimum absolute atomic E-state index is 0.138. The summed E-state index contributed by atoms with van der Waals surface area (Å²) >= 11 is 0. The highest BCUT2D eigenvalue weighted by Gasteiger charge is 2.52. The van der Waals surface area contributed by atoms with Gasteiger partial charge < -0.3 is 19.4 Å². The lowest BCUT2D eigenvalue weighted by atomic mass is 10.0. The molecule has 34 heavy (non-hydrogen) atoms. The number of H-pyrrole nitrogens is 1. The highest BCUT2D eigenvalue weighted by Crippen LogP contribution is 2.48. The van der Waals surface area contributed by atoms with Crippen LogP contribution in [-0.4, -0.2) is 27.3 Å². The minimum atomic E-state index is -0.804. The van der Waals surface area contributed by atoms with Crippen LogP contribution in [0.3, 0.4) is 0 Å². The summed E-state index contributed by atoms with van der Waals surface area (Å²) in [6.45, 7) is 1.84. The molecular formula is C26H21N3O5. The van der Waals surface area contributed by atoms with Gasteiger partial charge in [-0.1, -0.05) is 47.5 Å². The molecule has 0 unspecified atom stereocenters. The van der Waals surface area contributed by atoms with Gasteiger partial charge in [0.25, 0.3) is 0 Å². The number of aryl methyl sites for hydroxylation is 1. The van der Waals surface area contributed by atoms with Crippen LogP contribution in [0.4, 0.5) is 10.5 Å². The molecule has 4 aromatic rings. The number of carbonyl (C=O) groups excluding carboxylic acids is 1. The van der Waals surface area contributed by atoms with Gasteiger partial charge >= 0.3 is 12.1 Å². The molecule has 1 fully saturated rings. The highest BCUT2D eigenvalue weighted by molar-refractivity contribution is 5.89. The maximum atomic E-state index is 12.2. The number of amides is 1. The number of anilines is 1. The molecular weight excluding hydrogens is 434 g/mol. The molecule has 3 N–H and O–H groups in total. The lowest BCUT2D eigenvalue weighted by Crippen LogP contribution is -2.19. The number of hydrogen-bond donors (Lipinski definition) is 3. The van der Waals surface area contributed by atoms with Crippen molar-refractivity contribution in [1.29, 1.82) is 0 Å². The average Bonchev–Trinajstić information content (AvgIpc) is 3.44. The average molecular weight is 455 g/mol. The van der Waals surface area contributed by atoms with Crippen LogP contribution in [-0.2, 0) is 21.6 Å². The number of aliphatic carboxylic acids is 1. The number of carboxylic acids is 1. The second kappa shape index (κ2) is 8.45. The van der Waals surface area contributed by atoms with Crippen LogP contribution in [0.5, 0.6) is 0 Å². The van der Waals surface area contributed by atoms with Crippen molar-refractivity contribution in [2.24, 2.45) is 0 Å². The maximum Gasteiger partial charge on any atom is 0.412 e. The number of benzene rings is 2. The van der Waals surface area contributed by atoms with E-state index in [1.807, 2.05) is 54.6 Å². The molecule has 1 aliphatic carbocycles. The third-order valence-electron chi connectivity index (χ3n) is 5.92. The Hall–Kier alpha value is -4.51. The molecule has 170 valence electrons. The standard InChI is InChI=1S/C26H21N3O5/c1-16-23(28-25(32)33-15-18-5-3-2-4-6-18)21(34-29-16)10-8-17-7-9-19-14-22(27-20(19)13-17)26(11-12-26)24(30)31/h2-7,9,13-14,27H,11-12,15H2,1H3,(H,28,32)(H,30,31). The summed E-state index contributed by atoms with van der Waals surface area (Å²) in [7, 11) is 0. The maximum absolute atomic E-state index is 12.2. The van der Waals surface area contributed by atoms with Gasteiger partial charge in [-0.2, -0.15) is 0 Å². The third kappa shape index (κ3) is 4.11. The first-order valence-electron chi connectivity index (χ1n) is 10.8. The second-order valence-corrected chi connectivity index (χ2v) is 8.28. The molecule has 5 rings (SSSR count). The van der Waals surface area contributed by atoms with Gasteiger partial charge in [0.1, 0.15) is 23.4 Å². The molecule has 0 bridgehead atoms. The predicted octanol–water partition coefficient (Wildman–Crippen LogP) is 4.73. The molecule has 0 saturated heterocycles. The fourth-order valence-corrected chi connectivity index (χ4v) is 3.78. The highest BCUT2D eigenvalue weighted by atomic mass is 16.5. The number of ether oxygens (including phenoxy) is 1. The Morgan fingerprint density at radius 1 is 1.18 bits per heavy atom. The molecule has 1 aliphatic rings. The van der Waals surface area contributed by atoms with Crippen molar-refractivity contribution in [2.45, 2.75) is 31.8 Å². The first-order valence-corrected chi connectivity index (χ1v) is 10.8. The quantitative estimate of drug-likeness (QED) is 0.375. The van der Waals surface area contributed by atoms with Gasteiger partial charge in [-0.25, -0.2) is 4.79 Å². The Kier molecular flexibility index (Phi) is 5.30. The van der Waals surface area contributed by atoms with Crippen molar-refractivity contribution >= 4 is 28.7 Å². The Balaban J connectivity index is 1.32. The number of carboxylic acid groups (broad SMARTS) is 1. The van der Waals surface area contributed by atoms with Crippen LogP contribution in [0.2, 0.25) is 0 Å². The zero-order valence-corrected chi connectivity index (χ0v) is 18.3. The SMILES string of the molecule is Cc1noc(C#Cc2ccc3cc(C4(C(=O)O)CC4)[nH]c3c2)c1NC(=O)OCc1ccccc1. The number of nitrogens with zero attached hydrogens (tertiary/aromatic N) is 1. The van der Waals surface area contributed by atoms with Crippen LogP contribution < -0.4 is 5.32 Å². The minimum Gasteiger partial charge on any atom is -0.481 e. The Bertz CT molecular complexity index is 1450.